The lowest BCUT2D eigenvalue weighted by Crippen LogP contribution is -2.38. The molecule has 1 aliphatic rings. The van der Waals surface area contributed by atoms with Gasteiger partial charge in [0.2, 0.25) is 0 Å². The molecule has 0 bridgehead atoms. The van der Waals surface area contributed by atoms with Gasteiger partial charge in [0.1, 0.15) is 5.75 Å². The molecule has 0 spiro atoms. The molecule has 0 aliphatic heterocycles. The van der Waals surface area contributed by atoms with E-state index in [4.69, 9.17) is 4.74 Å². The zero-order valence-electron chi connectivity index (χ0n) is 11.8. The third kappa shape index (κ3) is 2.67. The van der Waals surface area contributed by atoms with E-state index in [0.29, 0.717) is 17.1 Å². The second-order valence-corrected chi connectivity index (χ2v) is 5.40. The number of hydrogen-bond donors (Lipinski definition) is 1. The molecule has 21 heavy (non-hydrogen) atoms. The summed E-state index contributed by atoms with van der Waals surface area (Å²) in [6, 6.07) is 4.94. The number of nitrogens with zero attached hydrogens (tertiary/aromatic N) is 2. The van der Waals surface area contributed by atoms with Crippen LogP contribution < -0.4 is 10.1 Å². The van der Waals surface area contributed by atoms with E-state index >= 15 is 0 Å². The van der Waals surface area contributed by atoms with Gasteiger partial charge in [0, 0.05) is 23.8 Å². The van der Waals surface area contributed by atoms with Crippen molar-refractivity contribution in [2.75, 3.05) is 13.6 Å². The van der Waals surface area contributed by atoms with Crippen LogP contribution in [0.4, 0.5) is 5.69 Å². The van der Waals surface area contributed by atoms with E-state index in [9.17, 15) is 10.1 Å². The Morgan fingerprint density at radius 2 is 2.19 bits per heavy atom. The summed E-state index contributed by atoms with van der Waals surface area (Å²) in [5.41, 5.74) is 0.0621. The van der Waals surface area contributed by atoms with Gasteiger partial charge >= 0.3 is 0 Å². The summed E-state index contributed by atoms with van der Waals surface area (Å²) in [5, 5.41) is 15.5. The molecule has 1 aliphatic carbocycles. The van der Waals surface area contributed by atoms with Gasteiger partial charge in [-0.15, -0.1) is 0 Å². The zero-order chi connectivity index (χ0) is 14.8. The van der Waals surface area contributed by atoms with Crippen molar-refractivity contribution < 1.29 is 9.66 Å². The first-order valence-corrected chi connectivity index (χ1v) is 7.01. The van der Waals surface area contributed by atoms with Gasteiger partial charge in [-0.05, 0) is 44.5 Å². The minimum Gasteiger partial charge on any atom is -0.490 e. The van der Waals surface area contributed by atoms with Crippen molar-refractivity contribution in [2.24, 2.45) is 5.92 Å². The molecule has 0 saturated heterocycles. The fourth-order valence-corrected chi connectivity index (χ4v) is 2.82. The molecule has 0 unspecified atom stereocenters. The molecule has 1 N–H and O–H groups in total. The first kappa shape index (κ1) is 13.8. The Labute approximate surface area is 122 Å². The second kappa shape index (κ2) is 5.65. The van der Waals surface area contributed by atoms with Gasteiger partial charge in [-0.2, -0.15) is 0 Å². The van der Waals surface area contributed by atoms with E-state index in [1.165, 1.54) is 12.3 Å². The Hall–Kier alpha value is -2.21. The number of nitro groups is 1. The highest BCUT2D eigenvalue weighted by molar-refractivity contribution is 5.94. The van der Waals surface area contributed by atoms with Crippen molar-refractivity contribution in [2.45, 2.75) is 18.9 Å². The van der Waals surface area contributed by atoms with Gasteiger partial charge in [0.25, 0.3) is 5.69 Å². The summed E-state index contributed by atoms with van der Waals surface area (Å²) in [6.07, 6.45) is 5.38. The maximum Gasteiger partial charge on any atom is 0.279 e. The minimum absolute atomic E-state index is 0.0621. The average molecular weight is 287 g/mol. The Morgan fingerprint density at radius 3 is 2.90 bits per heavy atom. The van der Waals surface area contributed by atoms with Crippen molar-refractivity contribution in [3.05, 3.63) is 40.7 Å². The SMILES string of the molecule is CNCC1CC(Oc2ccc([N+](=O)[O-])c3cnccc23)C1. The van der Waals surface area contributed by atoms with Crippen molar-refractivity contribution in [1.29, 1.82) is 0 Å². The molecule has 1 aromatic heterocycles. The van der Waals surface area contributed by atoms with Gasteiger partial charge in [-0.1, -0.05) is 0 Å². The summed E-state index contributed by atoms with van der Waals surface area (Å²) < 4.78 is 6.00. The number of non-ortho nitro benzene ring substituents is 1. The minimum atomic E-state index is -0.389. The Balaban J connectivity index is 1.84. The van der Waals surface area contributed by atoms with Crippen molar-refractivity contribution in [1.82, 2.24) is 10.3 Å². The van der Waals surface area contributed by atoms with E-state index in [-0.39, 0.29) is 16.7 Å². The van der Waals surface area contributed by atoms with Crippen LogP contribution in [-0.2, 0) is 0 Å². The molecule has 2 aromatic rings. The van der Waals surface area contributed by atoms with Gasteiger partial charge < -0.3 is 10.1 Å². The fourth-order valence-electron chi connectivity index (χ4n) is 2.82. The number of ether oxygens (including phenoxy) is 1. The lowest BCUT2D eigenvalue weighted by molar-refractivity contribution is -0.383. The summed E-state index contributed by atoms with van der Waals surface area (Å²) >= 11 is 0. The van der Waals surface area contributed by atoms with Crippen molar-refractivity contribution >= 4 is 16.5 Å². The summed E-state index contributed by atoms with van der Waals surface area (Å²) in [7, 11) is 1.95. The number of nitrogens with one attached hydrogen (secondary N) is 1. The Bertz CT molecular complexity index is 668. The highest BCUT2D eigenvalue weighted by Gasteiger charge is 2.30. The molecular weight excluding hydrogens is 270 g/mol. The number of aromatic nitrogens is 1. The second-order valence-electron chi connectivity index (χ2n) is 5.40. The maximum absolute atomic E-state index is 11.1. The summed E-state index contributed by atoms with van der Waals surface area (Å²) in [4.78, 5) is 14.7. The molecule has 1 fully saturated rings. The van der Waals surface area contributed by atoms with E-state index < -0.39 is 0 Å². The monoisotopic (exact) mass is 287 g/mol. The van der Waals surface area contributed by atoms with Crippen LogP contribution >= 0.6 is 0 Å². The highest BCUT2D eigenvalue weighted by Crippen LogP contribution is 2.36. The lowest BCUT2D eigenvalue weighted by atomic mass is 9.82. The maximum atomic E-state index is 11.1. The zero-order valence-corrected chi connectivity index (χ0v) is 11.8. The van der Waals surface area contributed by atoms with Crippen LogP contribution in [0.15, 0.2) is 30.6 Å². The topological polar surface area (TPSA) is 77.3 Å². The van der Waals surface area contributed by atoms with Gasteiger partial charge in [-0.3, -0.25) is 15.1 Å². The largest absolute Gasteiger partial charge is 0.490 e. The molecule has 110 valence electrons. The quantitative estimate of drug-likeness (QED) is 0.675. The van der Waals surface area contributed by atoms with Gasteiger partial charge in [-0.25, -0.2) is 0 Å². The smallest absolute Gasteiger partial charge is 0.279 e. The van der Waals surface area contributed by atoms with E-state index in [1.54, 1.807) is 18.3 Å². The van der Waals surface area contributed by atoms with Crippen LogP contribution in [0.1, 0.15) is 12.8 Å². The van der Waals surface area contributed by atoms with E-state index in [1.807, 2.05) is 7.05 Å². The van der Waals surface area contributed by atoms with Crippen LogP contribution in [-0.4, -0.2) is 29.6 Å². The lowest BCUT2D eigenvalue weighted by Gasteiger charge is -2.35. The number of pyridine rings is 1. The molecular formula is C15H17N3O3. The average Bonchev–Trinajstić information content (AvgIpc) is 2.45. The number of benzene rings is 1. The molecule has 1 saturated carbocycles. The molecule has 3 rings (SSSR count). The third-order valence-electron chi connectivity index (χ3n) is 3.93. The van der Waals surface area contributed by atoms with Crippen LogP contribution in [0, 0.1) is 16.0 Å². The van der Waals surface area contributed by atoms with Crippen molar-refractivity contribution in [3.8, 4) is 5.75 Å². The number of fused-ring (bicyclic) bond motifs is 1. The predicted octanol–water partition coefficient (Wildman–Crippen LogP) is 2.52. The molecule has 6 heteroatoms. The Morgan fingerprint density at radius 1 is 1.38 bits per heavy atom. The standard InChI is InChI=1S/C15H17N3O3/c1-16-8-10-6-11(7-10)21-15-3-2-14(18(19)20)13-9-17-5-4-12(13)15/h2-5,9-11,16H,6-8H2,1H3. The number of hydrogen-bond acceptors (Lipinski definition) is 5. The summed E-state index contributed by atoms with van der Waals surface area (Å²) in [5.74, 6) is 1.36. The normalized spacial score (nSPS) is 21.0. The number of nitro benzene ring substituents is 1. The Kier molecular flexibility index (Phi) is 3.70. The van der Waals surface area contributed by atoms with Crippen LogP contribution in [0.25, 0.3) is 10.8 Å². The van der Waals surface area contributed by atoms with E-state index in [2.05, 4.69) is 10.3 Å². The molecule has 0 radical (unpaired) electrons. The molecule has 1 aromatic carbocycles. The molecule has 6 nitrogen and oxygen atoms in total. The first-order valence-electron chi connectivity index (χ1n) is 7.01. The van der Waals surface area contributed by atoms with Gasteiger partial charge in [0.15, 0.2) is 0 Å². The molecule has 0 amide bonds. The number of rotatable bonds is 5. The fraction of sp³-hybridized carbons (Fsp3) is 0.400. The summed E-state index contributed by atoms with van der Waals surface area (Å²) in [6.45, 7) is 1.00. The highest BCUT2D eigenvalue weighted by atomic mass is 16.6. The third-order valence-corrected chi connectivity index (χ3v) is 3.93. The van der Waals surface area contributed by atoms with E-state index in [0.717, 1.165) is 24.8 Å². The molecule has 0 atom stereocenters. The van der Waals surface area contributed by atoms with Crippen LogP contribution in [0.2, 0.25) is 0 Å². The predicted molar refractivity (Wildman–Crippen MR) is 79.5 cm³/mol. The van der Waals surface area contributed by atoms with Crippen LogP contribution in [0.3, 0.4) is 0 Å². The first-order chi connectivity index (χ1) is 10.2. The molecule has 1 heterocycles. The van der Waals surface area contributed by atoms with Crippen LogP contribution in [0.5, 0.6) is 5.75 Å². The van der Waals surface area contributed by atoms with Gasteiger partial charge in [0.05, 0.1) is 16.4 Å². The van der Waals surface area contributed by atoms with Crippen molar-refractivity contribution in [3.63, 3.8) is 0 Å².